The van der Waals surface area contributed by atoms with Gasteiger partial charge >= 0.3 is 0 Å². The van der Waals surface area contributed by atoms with Gasteiger partial charge in [0.1, 0.15) is 16.9 Å². The predicted molar refractivity (Wildman–Crippen MR) is 96.7 cm³/mol. The Morgan fingerprint density at radius 1 is 1.17 bits per heavy atom. The van der Waals surface area contributed by atoms with Gasteiger partial charge in [-0.1, -0.05) is 31.5 Å². The van der Waals surface area contributed by atoms with E-state index < -0.39 is 0 Å². The minimum Gasteiger partial charge on any atom is -0.495 e. The quantitative estimate of drug-likeness (QED) is 0.646. The molecule has 1 heterocycles. The fourth-order valence-electron chi connectivity index (χ4n) is 2.72. The largest absolute Gasteiger partial charge is 0.495 e. The fourth-order valence-corrected chi connectivity index (χ4v) is 2.72. The van der Waals surface area contributed by atoms with E-state index in [1.165, 1.54) is 0 Å². The van der Waals surface area contributed by atoms with Crippen molar-refractivity contribution in [2.75, 3.05) is 25.5 Å². The van der Waals surface area contributed by atoms with E-state index in [1.54, 1.807) is 7.11 Å². The number of hydrogen-bond acceptors (Lipinski definition) is 4. The van der Waals surface area contributed by atoms with E-state index in [4.69, 9.17) is 9.15 Å². The molecule has 0 aliphatic carbocycles. The lowest BCUT2D eigenvalue weighted by molar-refractivity contribution is -0.115. The average Bonchev–Trinajstić information content (AvgIpc) is 2.95. The van der Waals surface area contributed by atoms with Crippen molar-refractivity contribution in [3.05, 3.63) is 36.4 Å². The van der Waals surface area contributed by atoms with E-state index in [0.717, 1.165) is 41.3 Å². The van der Waals surface area contributed by atoms with E-state index in [0.29, 0.717) is 11.4 Å². The van der Waals surface area contributed by atoms with Crippen LogP contribution in [0, 0.1) is 0 Å². The molecule has 3 rings (SSSR count). The van der Waals surface area contributed by atoms with Gasteiger partial charge in [-0.15, -0.1) is 0 Å². The number of carbonyl (C=O) groups excluding carboxylic acids is 1. The summed E-state index contributed by atoms with van der Waals surface area (Å²) >= 11 is 0. The van der Waals surface area contributed by atoms with Crippen LogP contribution in [0.25, 0.3) is 21.9 Å². The lowest BCUT2D eigenvalue weighted by Gasteiger charge is -2.10. The van der Waals surface area contributed by atoms with Gasteiger partial charge in [0.25, 0.3) is 0 Å². The number of unbranched alkanes of at least 4 members (excludes halogenated alkanes) is 1. The van der Waals surface area contributed by atoms with E-state index in [9.17, 15) is 4.79 Å². The molecule has 0 unspecified atom stereocenters. The number of furan rings is 1. The van der Waals surface area contributed by atoms with Gasteiger partial charge < -0.3 is 19.8 Å². The highest BCUT2D eigenvalue weighted by atomic mass is 16.5. The third-order valence-electron chi connectivity index (χ3n) is 3.97. The minimum atomic E-state index is -0.0973. The molecular formula is C19H22N2O3. The van der Waals surface area contributed by atoms with Crippen LogP contribution in [0.5, 0.6) is 5.75 Å². The maximum atomic E-state index is 12.1. The minimum absolute atomic E-state index is 0.0973. The van der Waals surface area contributed by atoms with Crippen LogP contribution in [0.1, 0.15) is 19.8 Å². The predicted octanol–water partition coefficient (Wildman–Crippen LogP) is 3.92. The van der Waals surface area contributed by atoms with Crippen molar-refractivity contribution in [1.82, 2.24) is 5.32 Å². The smallest absolute Gasteiger partial charge is 0.238 e. The Balaban J connectivity index is 1.84. The number of para-hydroxylation sites is 1. The van der Waals surface area contributed by atoms with Gasteiger partial charge in [0.15, 0.2) is 0 Å². The second-order valence-electron chi connectivity index (χ2n) is 5.73. The van der Waals surface area contributed by atoms with Crippen LogP contribution in [-0.4, -0.2) is 26.1 Å². The molecule has 2 aromatic carbocycles. The molecule has 0 aliphatic rings. The van der Waals surface area contributed by atoms with Crippen LogP contribution in [0.15, 0.2) is 40.8 Å². The van der Waals surface area contributed by atoms with Crippen LogP contribution in [0.4, 0.5) is 5.69 Å². The van der Waals surface area contributed by atoms with Crippen LogP contribution in [-0.2, 0) is 4.79 Å². The van der Waals surface area contributed by atoms with Crippen molar-refractivity contribution in [2.24, 2.45) is 0 Å². The number of ether oxygens (including phenoxy) is 1. The van der Waals surface area contributed by atoms with Crippen LogP contribution in [0.3, 0.4) is 0 Å². The topological polar surface area (TPSA) is 63.5 Å². The first-order valence-electron chi connectivity index (χ1n) is 8.22. The Morgan fingerprint density at radius 2 is 2.00 bits per heavy atom. The Kier molecular flexibility index (Phi) is 5.01. The Bertz CT molecular complexity index is 854. The number of hydrogen-bond donors (Lipinski definition) is 2. The molecular weight excluding hydrogens is 304 g/mol. The van der Waals surface area contributed by atoms with Crippen molar-refractivity contribution in [3.8, 4) is 5.75 Å². The van der Waals surface area contributed by atoms with Gasteiger partial charge in [-0.2, -0.15) is 0 Å². The van der Waals surface area contributed by atoms with Gasteiger partial charge in [0.2, 0.25) is 5.91 Å². The summed E-state index contributed by atoms with van der Waals surface area (Å²) in [7, 11) is 1.60. The highest BCUT2D eigenvalue weighted by Gasteiger charge is 2.13. The number of methoxy groups -OCH3 is 1. The molecule has 24 heavy (non-hydrogen) atoms. The molecule has 2 N–H and O–H groups in total. The highest BCUT2D eigenvalue weighted by molar-refractivity contribution is 6.07. The van der Waals surface area contributed by atoms with Gasteiger partial charge in [0, 0.05) is 16.8 Å². The van der Waals surface area contributed by atoms with Crippen molar-refractivity contribution in [2.45, 2.75) is 19.8 Å². The summed E-state index contributed by atoms with van der Waals surface area (Å²) in [4.78, 5) is 12.1. The molecule has 0 radical (unpaired) electrons. The van der Waals surface area contributed by atoms with E-state index in [-0.39, 0.29) is 12.5 Å². The van der Waals surface area contributed by atoms with Crippen LogP contribution >= 0.6 is 0 Å². The molecule has 1 aromatic heterocycles. The van der Waals surface area contributed by atoms with Crippen molar-refractivity contribution in [3.63, 3.8) is 0 Å². The van der Waals surface area contributed by atoms with Crippen molar-refractivity contribution >= 4 is 33.5 Å². The molecule has 3 aromatic rings. The summed E-state index contributed by atoms with van der Waals surface area (Å²) < 4.78 is 11.3. The van der Waals surface area contributed by atoms with Crippen molar-refractivity contribution in [1.29, 1.82) is 0 Å². The van der Waals surface area contributed by atoms with Gasteiger partial charge in [0.05, 0.1) is 19.3 Å². The zero-order valence-corrected chi connectivity index (χ0v) is 14.0. The van der Waals surface area contributed by atoms with E-state index in [1.807, 2.05) is 36.4 Å². The Morgan fingerprint density at radius 3 is 2.79 bits per heavy atom. The number of fused-ring (bicyclic) bond motifs is 3. The second-order valence-corrected chi connectivity index (χ2v) is 5.73. The second kappa shape index (κ2) is 7.36. The third kappa shape index (κ3) is 3.36. The number of rotatable bonds is 7. The van der Waals surface area contributed by atoms with Gasteiger partial charge in [-0.25, -0.2) is 0 Å². The maximum absolute atomic E-state index is 12.1. The standard InChI is InChI=1S/C19H22N2O3/c1-3-4-9-20-12-19(22)21-15-11-17-14(10-18(15)23-2)13-7-5-6-8-16(13)24-17/h5-8,10-11,20H,3-4,9,12H2,1-2H3,(H,21,22). The molecule has 0 aliphatic heterocycles. The van der Waals surface area contributed by atoms with E-state index >= 15 is 0 Å². The molecule has 5 nitrogen and oxygen atoms in total. The Labute approximate surface area is 141 Å². The van der Waals surface area contributed by atoms with E-state index in [2.05, 4.69) is 17.6 Å². The van der Waals surface area contributed by atoms with Gasteiger partial charge in [-0.05, 0) is 25.1 Å². The monoisotopic (exact) mass is 326 g/mol. The lowest BCUT2D eigenvalue weighted by atomic mass is 10.1. The maximum Gasteiger partial charge on any atom is 0.238 e. The summed E-state index contributed by atoms with van der Waals surface area (Å²) in [5, 5.41) is 8.02. The fraction of sp³-hybridized carbons (Fsp3) is 0.316. The zero-order valence-electron chi connectivity index (χ0n) is 14.0. The lowest BCUT2D eigenvalue weighted by Crippen LogP contribution is -2.28. The molecule has 0 spiro atoms. The number of nitrogens with one attached hydrogen (secondary N) is 2. The normalized spacial score (nSPS) is 11.1. The molecule has 0 saturated carbocycles. The number of anilines is 1. The SMILES string of the molecule is CCCCNCC(=O)Nc1cc2oc3ccccc3c2cc1OC. The first kappa shape index (κ1) is 16.3. The summed E-state index contributed by atoms with van der Waals surface area (Å²) in [6.07, 6.45) is 2.16. The van der Waals surface area contributed by atoms with Crippen LogP contribution < -0.4 is 15.4 Å². The molecule has 0 saturated heterocycles. The summed E-state index contributed by atoms with van der Waals surface area (Å²) in [6, 6.07) is 11.6. The summed E-state index contributed by atoms with van der Waals surface area (Å²) in [6.45, 7) is 3.24. The molecule has 5 heteroatoms. The average molecular weight is 326 g/mol. The van der Waals surface area contributed by atoms with Crippen molar-refractivity contribution < 1.29 is 13.9 Å². The van der Waals surface area contributed by atoms with Crippen LogP contribution in [0.2, 0.25) is 0 Å². The third-order valence-corrected chi connectivity index (χ3v) is 3.97. The Hall–Kier alpha value is -2.53. The van der Waals surface area contributed by atoms with Gasteiger partial charge in [-0.3, -0.25) is 4.79 Å². The number of benzene rings is 2. The first-order chi connectivity index (χ1) is 11.7. The highest BCUT2D eigenvalue weighted by Crippen LogP contribution is 2.36. The molecule has 0 fully saturated rings. The molecule has 1 amide bonds. The number of carbonyl (C=O) groups is 1. The summed E-state index contributed by atoms with van der Waals surface area (Å²) in [5.41, 5.74) is 2.16. The molecule has 0 bridgehead atoms. The zero-order chi connectivity index (χ0) is 16.9. The molecule has 0 atom stereocenters. The molecule has 126 valence electrons. The first-order valence-corrected chi connectivity index (χ1v) is 8.22. The number of amides is 1. The summed E-state index contributed by atoms with van der Waals surface area (Å²) in [5.74, 6) is 0.524.